The van der Waals surface area contributed by atoms with Crippen molar-refractivity contribution in [1.82, 2.24) is 24.6 Å². The molecule has 1 N–H and O–H groups in total. The third kappa shape index (κ3) is 3.91. The van der Waals surface area contributed by atoms with Crippen LogP contribution in [0.15, 0.2) is 61.1 Å². The number of aromatic nitrogens is 4. The first-order chi connectivity index (χ1) is 14.6. The summed E-state index contributed by atoms with van der Waals surface area (Å²) in [5.74, 6) is 1.27. The van der Waals surface area contributed by atoms with E-state index >= 15 is 0 Å². The van der Waals surface area contributed by atoms with Crippen molar-refractivity contribution in [2.45, 2.75) is 18.8 Å². The van der Waals surface area contributed by atoms with Crippen molar-refractivity contribution in [3.05, 3.63) is 66.6 Å². The minimum absolute atomic E-state index is 0.609. The number of nitrogens with zero attached hydrogens (tertiary/aromatic N) is 5. The Kier molecular flexibility index (Phi) is 4.93. The van der Waals surface area contributed by atoms with Crippen LogP contribution in [-0.4, -0.2) is 44.8 Å². The summed E-state index contributed by atoms with van der Waals surface area (Å²) in [5, 5.41) is 8.63. The van der Waals surface area contributed by atoms with Crippen molar-refractivity contribution in [3.8, 4) is 11.1 Å². The molecule has 30 heavy (non-hydrogen) atoms. The van der Waals surface area contributed by atoms with Gasteiger partial charge in [-0.1, -0.05) is 24.3 Å². The van der Waals surface area contributed by atoms with Crippen molar-refractivity contribution in [3.63, 3.8) is 0 Å². The molecule has 0 bridgehead atoms. The maximum Gasteiger partial charge on any atom is 0.227 e. The number of fused-ring (bicyclic) bond motifs is 1. The first kappa shape index (κ1) is 18.8. The number of benzene rings is 2. The molecule has 1 aliphatic rings. The van der Waals surface area contributed by atoms with Gasteiger partial charge in [0.05, 0.1) is 11.7 Å². The molecule has 152 valence electrons. The molecular formula is C24H26N6. The average Bonchev–Trinajstić information content (AvgIpc) is 3.21. The average molecular weight is 399 g/mol. The molecule has 1 aliphatic heterocycles. The topological polar surface area (TPSA) is 58.9 Å². The number of aryl methyl sites for hydroxylation is 1. The molecular weight excluding hydrogens is 372 g/mol. The van der Waals surface area contributed by atoms with Gasteiger partial charge in [-0.05, 0) is 68.2 Å². The van der Waals surface area contributed by atoms with Gasteiger partial charge in [-0.3, -0.25) is 4.68 Å². The Hall–Kier alpha value is -3.25. The van der Waals surface area contributed by atoms with Gasteiger partial charge in [0.15, 0.2) is 0 Å². The van der Waals surface area contributed by atoms with Gasteiger partial charge in [-0.15, -0.1) is 0 Å². The second-order valence-corrected chi connectivity index (χ2v) is 8.19. The predicted molar refractivity (Wildman–Crippen MR) is 121 cm³/mol. The summed E-state index contributed by atoms with van der Waals surface area (Å²) in [6.45, 7) is 2.35. The second-order valence-electron chi connectivity index (χ2n) is 8.19. The standard InChI is InChI=1S/C24H26N6/c1-29-11-9-18(10-12-29)17-5-7-22(8-6-17)27-24-25-14-20-4-3-19(13-23(20)28-24)21-15-26-30(2)16-21/h3-8,13-16,18H,9-12H2,1-2H3,(H,25,27,28). The number of anilines is 2. The molecule has 2 aromatic heterocycles. The molecule has 4 aromatic rings. The Morgan fingerprint density at radius 1 is 0.933 bits per heavy atom. The lowest BCUT2D eigenvalue weighted by molar-refractivity contribution is 0.255. The summed E-state index contributed by atoms with van der Waals surface area (Å²) in [4.78, 5) is 11.6. The van der Waals surface area contributed by atoms with E-state index in [1.165, 1.54) is 31.5 Å². The van der Waals surface area contributed by atoms with Crippen LogP contribution in [0.5, 0.6) is 0 Å². The Labute approximate surface area is 176 Å². The van der Waals surface area contributed by atoms with Crippen LogP contribution in [0.25, 0.3) is 22.0 Å². The van der Waals surface area contributed by atoms with E-state index in [1.54, 1.807) is 0 Å². The maximum atomic E-state index is 4.73. The molecule has 0 radical (unpaired) electrons. The van der Waals surface area contributed by atoms with Gasteiger partial charge in [-0.2, -0.15) is 5.10 Å². The second kappa shape index (κ2) is 7.88. The minimum Gasteiger partial charge on any atom is -0.324 e. The maximum absolute atomic E-state index is 4.73. The molecule has 5 rings (SSSR count). The fourth-order valence-corrected chi connectivity index (χ4v) is 4.14. The highest BCUT2D eigenvalue weighted by Gasteiger charge is 2.18. The Morgan fingerprint density at radius 2 is 1.73 bits per heavy atom. The van der Waals surface area contributed by atoms with Gasteiger partial charge in [0, 0.05) is 36.1 Å². The number of piperidine rings is 1. The molecule has 6 heteroatoms. The quantitative estimate of drug-likeness (QED) is 0.545. The Balaban J connectivity index is 1.34. The van der Waals surface area contributed by atoms with E-state index in [2.05, 4.69) is 69.8 Å². The van der Waals surface area contributed by atoms with E-state index in [0.717, 1.165) is 27.7 Å². The highest BCUT2D eigenvalue weighted by molar-refractivity contribution is 5.84. The molecule has 3 heterocycles. The highest BCUT2D eigenvalue weighted by Crippen LogP contribution is 2.29. The minimum atomic E-state index is 0.609. The molecule has 0 aliphatic carbocycles. The molecule has 1 saturated heterocycles. The zero-order valence-electron chi connectivity index (χ0n) is 17.4. The first-order valence-electron chi connectivity index (χ1n) is 10.5. The first-order valence-corrected chi connectivity index (χ1v) is 10.5. The van der Waals surface area contributed by atoms with Crippen molar-refractivity contribution in [2.75, 3.05) is 25.5 Å². The van der Waals surface area contributed by atoms with E-state index in [1.807, 2.05) is 30.3 Å². The van der Waals surface area contributed by atoms with Gasteiger partial charge >= 0.3 is 0 Å². The zero-order chi connectivity index (χ0) is 20.5. The lowest BCUT2D eigenvalue weighted by Crippen LogP contribution is -2.29. The lowest BCUT2D eigenvalue weighted by atomic mass is 9.89. The van der Waals surface area contributed by atoms with Crippen molar-refractivity contribution < 1.29 is 0 Å². The lowest BCUT2D eigenvalue weighted by Gasteiger charge is -2.29. The fraction of sp³-hybridized carbons (Fsp3) is 0.292. The molecule has 0 atom stereocenters. The van der Waals surface area contributed by atoms with E-state index < -0.39 is 0 Å². The van der Waals surface area contributed by atoms with Crippen LogP contribution in [0, 0.1) is 0 Å². The summed E-state index contributed by atoms with van der Waals surface area (Å²) in [6, 6.07) is 15.0. The van der Waals surface area contributed by atoms with Crippen LogP contribution >= 0.6 is 0 Å². The van der Waals surface area contributed by atoms with E-state index in [4.69, 9.17) is 4.98 Å². The largest absolute Gasteiger partial charge is 0.324 e. The summed E-state index contributed by atoms with van der Waals surface area (Å²) in [6.07, 6.45) is 8.21. The molecule has 0 saturated carbocycles. The van der Waals surface area contributed by atoms with Gasteiger partial charge < -0.3 is 10.2 Å². The summed E-state index contributed by atoms with van der Waals surface area (Å²) in [7, 11) is 4.12. The molecule has 1 fully saturated rings. The fourth-order valence-electron chi connectivity index (χ4n) is 4.14. The molecule has 0 spiro atoms. The van der Waals surface area contributed by atoms with E-state index in [0.29, 0.717) is 11.9 Å². The highest BCUT2D eigenvalue weighted by atomic mass is 15.2. The van der Waals surface area contributed by atoms with Crippen molar-refractivity contribution >= 4 is 22.5 Å². The molecule has 6 nitrogen and oxygen atoms in total. The smallest absolute Gasteiger partial charge is 0.227 e. The van der Waals surface area contributed by atoms with Crippen LogP contribution in [0.4, 0.5) is 11.6 Å². The normalized spacial score (nSPS) is 15.5. The number of likely N-dealkylation sites (tertiary alicyclic amines) is 1. The van der Waals surface area contributed by atoms with E-state index in [9.17, 15) is 0 Å². The Bertz CT molecular complexity index is 1160. The zero-order valence-corrected chi connectivity index (χ0v) is 17.4. The van der Waals surface area contributed by atoms with Gasteiger partial charge in [0.25, 0.3) is 0 Å². The number of rotatable bonds is 4. The van der Waals surface area contributed by atoms with Crippen LogP contribution in [-0.2, 0) is 7.05 Å². The predicted octanol–water partition coefficient (Wildman–Crippen LogP) is 4.58. The third-order valence-electron chi connectivity index (χ3n) is 5.98. The number of hydrogen-bond acceptors (Lipinski definition) is 5. The molecule has 0 unspecified atom stereocenters. The number of nitrogens with one attached hydrogen (secondary N) is 1. The van der Waals surface area contributed by atoms with E-state index in [-0.39, 0.29) is 0 Å². The van der Waals surface area contributed by atoms with Crippen LogP contribution in [0.3, 0.4) is 0 Å². The van der Waals surface area contributed by atoms with Crippen LogP contribution in [0.1, 0.15) is 24.3 Å². The third-order valence-corrected chi connectivity index (χ3v) is 5.98. The van der Waals surface area contributed by atoms with Crippen molar-refractivity contribution in [2.24, 2.45) is 7.05 Å². The summed E-state index contributed by atoms with van der Waals surface area (Å²) in [5.41, 5.74) is 5.53. The SMILES string of the molecule is CN1CCC(c2ccc(Nc3ncc4ccc(-c5cnn(C)c5)cc4n3)cc2)CC1. The van der Waals surface area contributed by atoms with Gasteiger partial charge in [0.1, 0.15) is 0 Å². The number of hydrogen-bond donors (Lipinski definition) is 1. The Morgan fingerprint density at radius 3 is 2.47 bits per heavy atom. The summed E-state index contributed by atoms with van der Waals surface area (Å²) >= 11 is 0. The van der Waals surface area contributed by atoms with Crippen LogP contribution in [0.2, 0.25) is 0 Å². The van der Waals surface area contributed by atoms with Crippen LogP contribution < -0.4 is 5.32 Å². The molecule has 0 amide bonds. The molecule has 2 aromatic carbocycles. The van der Waals surface area contributed by atoms with Gasteiger partial charge in [0.2, 0.25) is 5.95 Å². The van der Waals surface area contributed by atoms with Crippen molar-refractivity contribution in [1.29, 1.82) is 0 Å². The summed E-state index contributed by atoms with van der Waals surface area (Å²) < 4.78 is 1.81. The van der Waals surface area contributed by atoms with Gasteiger partial charge in [-0.25, -0.2) is 9.97 Å². The monoisotopic (exact) mass is 398 g/mol.